The van der Waals surface area contributed by atoms with Crippen LogP contribution in [0.5, 0.6) is 0 Å². The van der Waals surface area contributed by atoms with Crippen LogP contribution in [0.1, 0.15) is 18.5 Å². The number of aromatic amines is 2. The summed E-state index contributed by atoms with van der Waals surface area (Å²) in [4.78, 5) is 26.5. The molecule has 1 unspecified atom stereocenters. The van der Waals surface area contributed by atoms with Gasteiger partial charge in [0, 0.05) is 5.69 Å². The predicted molar refractivity (Wildman–Crippen MR) is 49.9 cm³/mol. The second-order valence-corrected chi connectivity index (χ2v) is 3.11. The van der Waals surface area contributed by atoms with E-state index in [1.54, 1.807) is 6.92 Å². The minimum atomic E-state index is -0.538. The maximum Gasteiger partial charge on any atom is 0.324 e. The van der Waals surface area contributed by atoms with Crippen molar-refractivity contribution in [3.05, 3.63) is 26.9 Å². The van der Waals surface area contributed by atoms with Gasteiger partial charge in [-0.1, -0.05) is 12.2 Å². The van der Waals surface area contributed by atoms with Gasteiger partial charge in [0.1, 0.15) is 4.64 Å². The molecule has 1 rings (SSSR count). The molecule has 0 aliphatic heterocycles. The van der Waals surface area contributed by atoms with E-state index in [1.165, 1.54) is 6.07 Å². The molecule has 70 valence electrons. The van der Waals surface area contributed by atoms with Gasteiger partial charge < -0.3 is 10.7 Å². The lowest BCUT2D eigenvalue weighted by atomic mass is 10.1. The molecule has 0 saturated carbocycles. The fourth-order valence-corrected chi connectivity index (χ4v) is 1.09. The highest BCUT2D eigenvalue weighted by Crippen LogP contribution is 2.08. The van der Waals surface area contributed by atoms with E-state index in [4.69, 9.17) is 18.0 Å². The topological polar surface area (TPSA) is 91.7 Å². The van der Waals surface area contributed by atoms with E-state index in [2.05, 4.69) is 9.97 Å². The Kier molecular flexibility index (Phi) is 2.62. The minimum Gasteiger partial charge on any atom is -0.369 e. The van der Waals surface area contributed by atoms with Crippen molar-refractivity contribution in [3.8, 4) is 0 Å². The van der Waals surface area contributed by atoms with Crippen LogP contribution in [0.3, 0.4) is 0 Å². The van der Waals surface area contributed by atoms with Gasteiger partial charge in [0.15, 0.2) is 0 Å². The standard InChI is InChI=1S/C7H9N3O2S/c1-3(6(8)11)4-2-5(13)10-7(12)9-4/h2-3H,1H3,(H2,8,11)(H2,9,10,12,13). The van der Waals surface area contributed by atoms with Crippen LogP contribution in [-0.2, 0) is 4.79 Å². The molecular weight excluding hydrogens is 190 g/mol. The number of nitrogens with two attached hydrogens (primary N) is 1. The Morgan fingerprint density at radius 2 is 2.23 bits per heavy atom. The second-order valence-electron chi connectivity index (χ2n) is 2.67. The summed E-state index contributed by atoms with van der Waals surface area (Å²) in [5.74, 6) is -1.04. The van der Waals surface area contributed by atoms with Crippen molar-refractivity contribution in [1.29, 1.82) is 0 Å². The first-order valence-electron chi connectivity index (χ1n) is 3.63. The number of H-pyrrole nitrogens is 2. The Labute approximate surface area is 79.0 Å². The molecule has 1 amide bonds. The number of aromatic nitrogens is 2. The van der Waals surface area contributed by atoms with Crippen molar-refractivity contribution in [3.63, 3.8) is 0 Å². The van der Waals surface area contributed by atoms with Crippen LogP contribution in [0, 0.1) is 4.64 Å². The van der Waals surface area contributed by atoms with E-state index in [0.29, 0.717) is 5.69 Å². The fourth-order valence-electron chi connectivity index (χ4n) is 0.874. The maximum atomic E-state index is 10.9. The Morgan fingerprint density at radius 1 is 1.62 bits per heavy atom. The first-order chi connectivity index (χ1) is 6.00. The molecule has 5 nitrogen and oxygen atoms in total. The smallest absolute Gasteiger partial charge is 0.324 e. The SMILES string of the molecule is CC(C(N)=O)c1cc(=S)[nH]c(=O)[nH]1. The van der Waals surface area contributed by atoms with Gasteiger partial charge in [0.05, 0.1) is 5.92 Å². The number of rotatable bonds is 2. The normalized spacial score (nSPS) is 12.4. The average Bonchev–Trinajstić information content (AvgIpc) is 2.01. The lowest BCUT2D eigenvalue weighted by Crippen LogP contribution is -2.23. The second kappa shape index (κ2) is 3.53. The van der Waals surface area contributed by atoms with Crippen LogP contribution in [0.25, 0.3) is 0 Å². The first kappa shape index (κ1) is 9.66. The van der Waals surface area contributed by atoms with E-state index in [-0.39, 0.29) is 4.64 Å². The zero-order chi connectivity index (χ0) is 10.0. The largest absolute Gasteiger partial charge is 0.369 e. The molecule has 0 saturated heterocycles. The molecule has 1 aromatic heterocycles. The number of carbonyl (C=O) groups is 1. The van der Waals surface area contributed by atoms with Crippen LogP contribution in [0.4, 0.5) is 0 Å². The number of hydrogen-bond donors (Lipinski definition) is 3. The number of carbonyl (C=O) groups excluding carboxylic acids is 1. The van der Waals surface area contributed by atoms with E-state index in [1.807, 2.05) is 0 Å². The molecule has 0 aliphatic rings. The highest BCUT2D eigenvalue weighted by molar-refractivity contribution is 7.71. The fraction of sp³-hybridized carbons (Fsp3) is 0.286. The third-order valence-corrected chi connectivity index (χ3v) is 1.89. The van der Waals surface area contributed by atoms with Crippen molar-refractivity contribution < 1.29 is 4.79 Å². The molecule has 0 aromatic carbocycles. The summed E-state index contributed by atoms with van der Waals surface area (Å²) in [7, 11) is 0. The van der Waals surface area contributed by atoms with Gasteiger partial charge in [0.2, 0.25) is 5.91 Å². The molecule has 1 atom stereocenters. The van der Waals surface area contributed by atoms with E-state index in [0.717, 1.165) is 0 Å². The predicted octanol–water partition coefficient (Wildman–Crippen LogP) is 0.0213. The van der Waals surface area contributed by atoms with Gasteiger partial charge >= 0.3 is 5.69 Å². The molecule has 0 bridgehead atoms. The molecule has 1 aromatic rings. The van der Waals surface area contributed by atoms with Gasteiger partial charge in [0.25, 0.3) is 0 Å². The van der Waals surface area contributed by atoms with Gasteiger partial charge in [-0.25, -0.2) is 4.79 Å². The Balaban J connectivity index is 3.23. The van der Waals surface area contributed by atoms with Crippen LogP contribution < -0.4 is 11.4 Å². The Bertz CT molecular complexity index is 406. The lowest BCUT2D eigenvalue weighted by molar-refractivity contribution is -0.119. The van der Waals surface area contributed by atoms with Gasteiger partial charge in [-0.3, -0.25) is 9.78 Å². The zero-order valence-electron chi connectivity index (χ0n) is 6.96. The third-order valence-electron chi connectivity index (χ3n) is 1.67. The summed E-state index contributed by atoms with van der Waals surface area (Å²) in [6.07, 6.45) is 0. The monoisotopic (exact) mass is 199 g/mol. The summed E-state index contributed by atoms with van der Waals surface area (Å²) in [5, 5.41) is 0. The summed E-state index contributed by atoms with van der Waals surface area (Å²) in [6.45, 7) is 1.60. The summed E-state index contributed by atoms with van der Waals surface area (Å²) >= 11 is 4.77. The summed E-state index contributed by atoms with van der Waals surface area (Å²) < 4.78 is 0.284. The molecule has 0 fully saturated rings. The average molecular weight is 199 g/mol. The van der Waals surface area contributed by atoms with Crippen molar-refractivity contribution in [1.82, 2.24) is 9.97 Å². The molecule has 0 aliphatic carbocycles. The molecule has 1 heterocycles. The van der Waals surface area contributed by atoms with Crippen molar-refractivity contribution in [2.75, 3.05) is 0 Å². The Hall–Kier alpha value is -1.43. The summed E-state index contributed by atoms with van der Waals surface area (Å²) in [6, 6.07) is 1.51. The molecule has 6 heteroatoms. The highest BCUT2D eigenvalue weighted by Gasteiger charge is 2.12. The van der Waals surface area contributed by atoms with E-state index < -0.39 is 17.5 Å². The van der Waals surface area contributed by atoms with Crippen LogP contribution in [0.2, 0.25) is 0 Å². The van der Waals surface area contributed by atoms with Gasteiger partial charge in [-0.2, -0.15) is 0 Å². The summed E-state index contributed by atoms with van der Waals surface area (Å²) in [5.41, 5.74) is 5.06. The van der Waals surface area contributed by atoms with E-state index in [9.17, 15) is 9.59 Å². The van der Waals surface area contributed by atoms with Crippen molar-refractivity contribution >= 4 is 18.1 Å². The van der Waals surface area contributed by atoms with Crippen LogP contribution in [-0.4, -0.2) is 15.9 Å². The zero-order valence-corrected chi connectivity index (χ0v) is 7.77. The number of amides is 1. The number of nitrogens with one attached hydrogen (secondary N) is 2. The maximum absolute atomic E-state index is 10.9. The van der Waals surface area contributed by atoms with Gasteiger partial charge in [-0.15, -0.1) is 0 Å². The first-order valence-corrected chi connectivity index (χ1v) is 4.04. The Morgan fingerprint density at radius 3 is 2.69 bits per heavy atom. The van der Waals surface area contributed by atoms with Crippen LogP contribution in [0.15, 0.2) is 10.9 Å². The minimum absolute atomic E-state index is 0.284. The molecule has 13 heavy (non-hydrogen) atoms. The van der Waals surface area contributed by atoms with Gasteiger partial charge in [-0.05, 0) is 13.0 Å². The lowest BCUT2D eigenvalue weighted by Gasteiger charge is -2.05. The molecular formula is C7H9N3O2S. The third kappa shape index (κ3) is 2.25. The quantitative estimate of drug-likeness (QED) is 0.586. The highest BCUT2D eigenvalue weighted by atomic mass is 32.1. The number of hydrogen-bond acceptors (Lipinski definition) is 3. The van der Waals surface area contributed by atoms with Crippen molar-refractivity contribution in [2.45, 2.75) is 12.8 Å². The number of primary amides is 1. The molecule has 0 spiro atoms. The van der Waals surface area contributed by atoms with Crippen molar-refractivity contribution in [2.24, 2.45) is 5.73 Å². The van der Waals surface area contributed by atoms with Crippen LogP contribution >= 0.6 is 12.2 Å². The molecule has 0 radical (unpaired) electrons. The molecule has 4 N–H and O–H groups in total. The van der Waals surface area contributed by atoms with E-state index >= 15 is 0 Å².